The number of hydrogen-bond acceptors (Lipinski definition) is 3. The summed E-state index contributed by atoms with van der Waals surface area (Å²) in [6, 6.07) is 14.1. The van der Waals surface area contributed by atoms with Gasteiger partial charge in [-0.05, 0) is 48.1 Å². The maximum Gasteiger partial charge on any atom is 0.229 e. The number of carbonyl (C=O) groups excluding carboxylic acids is 1. The summed E-state index contributed by atoms with van der Waals surface area (Å²) < 4.78 is 5.91. The van der Waals surface area contributed by atoms with Crippen molar-refractivity contribution < 1.29 is 9.53 Å². The summed E-state index contributed by atoms with van der Waals surface area (Å²) in [5.74, 6) is 0.114. The van der Waals surface area contributed by atoms with Crippen molar-refractivity contribution in [3.8, 4) is 0 Å². The number of halogens is 1. The number of nitrogen functional groups attached to an aromatic ring is 1. The van der Waals surface area contributed by atoms with Crippen molar-refractivity contribution in [2.24, 2.45) is 0 Å². The lowest BCUT2D eigenvalue weighted by atomic mass is 9.94. The minimum Gasteiger partial charge on any atom is -0.398 e. The number of hydrogen-bond donors (Lipinski definition) is 1. The van der Waals surface area contributed by atoms with Gasteiger partial charge in [0.25, 0.3) is 0 Å². The zero-order chi connectivity index (χ0) is 16.5. The van der Waals surface area contributed by atoms with Gasteiger partial charge in [-0.2, -0.15) is 0 Å². The summed E-state index contributed by atoms with van der Waals surface area (Å²) >= 11 is 0. The maximum atomic E-state index is 13.0. The number of carbonyl (C=O) groups is 1. The van der Waals surface area contributed by atoms with Gasteiger partial charge in [0, 0.05) is 17.9 Å². The van der Waals surface area contributed by atoms with Crippen LogP contribution in [0.1, 0.15) is 35.6 Å². The molecule has 1 amide bonds. The summed E-state index contributed by atoms with van der Waals surface area (Å²) in [6.07, 6.45) is 3.05. The number of benzene rings is 2. The Bertz CT molecular complexity index is 778. The molecule has 132 valence electrons. The Morgan fingerprint density at radius 3 is 2.88 bits per heavy atom. The number of fused-ring (bicyclic) bond motifs is 2. The van der Waals surface area contributed by atoms with Crippen LogP contribution in [0.2, 0.25) is 0 Å². The summed E-state index contributed by atoms with van der Waals surface area (Å²) in [6.45, 7) is 1.43. The van der Waals surface area contributed by atoms with Gasteiger partial charge in [0.1, 0.15) is 0 Å². The number of rotatable bonds is 2. The van der Waals surface area contributed by atoms with Crippen LogP contribution >= 0.6 is 12.4 Å². The van der Waals surface area contributed by atoms with Gasteiger partial charge < -0.3 is 15.4 Å². The van der Waals surface area contributed by atoms with Crippen LogP contribution in [0.5, 0.6) is 0 Å². The summed E-state index contributed by atoms with van der Waals surface area (Å²) in [5, 5.41) is 0. The molecule has 0 saturated carbocycles. The molecule has 0 aliphatic carbocycles. The standard InChI is InChI=1S/C20H22N2O2.ClH/c21-17-8-3-9-18-16(17)7-4-11-22(18)20(23)13-19-15-6-2-1-5-14(15)10-12-24-19;/h1-3,5-6,8-9,19H,4,7,10-13,21H2;1H. The third-order valence-corrected chi connectivity index (χ3v) is 5.04. The molecule has 2 aliphatic heterocycles. The monoisotopic (exact) mass is 358 g/mol. The molecule has 2 aliphatic rings. The topological polar surface area (TPSA) is 55.6 Å². The number of ether oxygens (including phenoxy) is 1. The lowest BCUT2D eigenvalue weighted by molar-refractivity contribution is -0.122. The predicted molar refractivity (Wildman–Crippen MR) is 102 cm³/mol. The number of nitrogens with two attached hydrogens (primary N) is 1. The van der Waals surface area contributed by atoms with Crippen molar-refractivity contribution in [3.05, 3.63) is 59.2 Å². The molecular formula is C20H23ClN2O2. The first kappa shape index (κ1) is 17.8. The Morgan fingerprint density at radius 1 is 1.16 bits per heavy atom. The average molecular weight is 359 g/mol. The summed E-state index contributed by atoms with van der Waals surface area (Å²) in [4.78, 5) is 14.8. The molecule has 0 saturated heterocycles. The van der Waals surface area contributed by atoms with E-state index < -0.39 is 0 Å². The van der Waals surface area contributed by atoms with Gasteiger partial charge in [-0.15, -0.1) is 12.4 Å². The van der Waals surface area contributed by atoms with E-state index in [1.165, 1.54) is 5.56 Å². The SMILES string of the molecule is Cl.Nc1cccc2c1CCCN2C(=O)CC1OCCc2ccccc21. The van der Waals surface area contributed by atoms with E-state index in [1.807, 2.05) is 35.2 Å². The number of nitrogens with zero attached hydrogens (tertiary/aromatic N) is 1. The fourth-order valence-corrected chi connectivity index (χ4v) is 3.83. The quantitative estimate of drug-likeness (QED) is 0.833. The zero-order valence-corrected chi connectivity index (χ0v) is 14.9. The van der Waals surface area contributed by atoms with Gasteiger partial charge in [-0.25, -0.2) is 0 Å². The van der Waals surface area contributed by atoms with Crippen LogP contribution in [0.3, 0.4) is 0 Å². The highest BCUT2D eigenvalue weighted by Crippen LogP contribution is 2.34. The molecule has 2 N–H and O–H groups in total. The van der Waals surface area contributed by atoms with E-state index in [0.717, 1.165) is 48.3 Å². The van der Waals surface area contributed by atoms with Gasteiger partial charge in [-0.1, -0.05) is 30.3 Å². The third kappa shape index (κ3) is 3.37. The van der Waals surface area contributed by atoms with Crippen LogP contribution in [0.15, 0.2) is 42.5 Å². The maximum absolute atomic E-state index is 13.0. The predicted octanol–water partition coefficient (Wildman–Crippen LogP) is 3.67. The highest BCUT2D eigenvalue weighted by atomic mass is 35.5. The number of amides is 1. The summed E-state index contributed by atoms with van der Waals surface area (Å²) in [5.41, 5.74) is 11.4. The second kappa shape index (κ2) is 7.46. The molecule has 4 nitrogen and oxygen atoms in total. The Labute approximate surface area is 154 Å². The first-order valence-electron chi connectivity index (χ1n) is 8.61. The molecule has 1 atom stereocenters. The van der Waals surface area contributed by atoms with Crippen LogP contribution in [0, 0.1) is 0 Å². The average Bonchev–Trinajstić information content (AvgIpc) is 2.62. The molecule has 1 unspecified atom stereocenters. The molecule has 4 rings (SSSR count). The van der Waals surface area contributed by atoms with Gasteiger partial charge in [0.05, 0.1) is 19.1 Å². The van der Waals surface area contributed by atoms with Gasteiger partial charge in [0.2, 0.25) is 5.91 Å². The van der Waals surface area contributed by atoms with Gasteiger partial charge in [-0.3, -0.25) is 4.79 Å². The van der Waals surface area contributed by atoms with Gasteiger partial charge in [0.15, 0.2) is 0 Å². The minimum atomic E-state index is -0.145. The normalized spacial score (nSPS) is 18.7. The highest BCUT2D eigenvalue weighted by molar-refractivity contribution is 5.95. The second-order valence-corrected chi connectivity index (χ2v) is 6.51. The smallest absolute Gasteiger partial charge is 0.229 e. The van der Waals surface area contributed by atoms with Crippen LogP contribution < -0.4 is 10.6 Å². The first-order chi connectivity index (χ1) is 11.7. The Kier molecular flexibility index (Phi) is 5.30. The summed E-state index contributed by atoms with van der Waals surface area (Å²) in [7, 11) is 0. The Morgan fingerprint density at radius 2 is 2.00 bits per heavy atom. The molecule has 0 spiro atoms. The fraction of sp³-hybridized carbons (Fsp3) is 0.350. The molecule has 2 aromatic carbocycles. The largest absolute Gasteiger partial charge is 0.398 e. The minimum absolute atomic E-state index is 0. The van der Waals surface area contributed by atoms with E-state index in [9.17, 15) is 4.79 Å². The van der Waals surface area contributed by atoms with Crippen LogP contribution in [0.4, 0.5) is 11.4 Å². The molecule has 0 aromatic heterocycles. The lowest BCUT2D eigenvalue weighted by Crippen LogP contribution is -2.37. The number of anilines is 2. The molecule has 5 heteroatoms. The van der Waals surface area contributed by atoms with Crippen molar-refractivity contribution in [2.45, 2.75) is 31.8 Å². The zero-order valence-electron chi connectivity index (χ0n) is 14.1. The molecule has 0 radical (unpaired) electrons. The Hall–Kier alpha value is -2.04. The lowest BCUT2D eigenvalue weighted by Gasteiger charge is -2.32. The van der Waals surface area contributed by atoms with Crippen molar-refractivity contribution >= 4 is 29.7 Å². The molecular weight excluding hydrogens is 336 g/mol. The van der Waals surface area contributed by atoms with Crippen molar-refractivity contribution in [1.29, 1.82) is 0 Å². The van der Waals surface area contributed by atoms with Crippen molar-refractivity contribution in [1.82, 2.24) is 0 Å². The second-order valence-electron chi connectivity index (χ2n) is 6.51. The first-order valence-corrected chi connectivity index (χ1v) is 8.61. The van der Waals surface area contributed by atoms with E-state index in [-0.39, 0.29) is 24.4 Å². The van der Waals surface area contributed by atoms with E-state index in [2.05, 4.69) is 12.1 Å². The van der Waals surface area contributed by atoms with Crippen molar-refractivity contribution in [2.75, 3.05) is 23.8 Å². The van der Waals surface area contributed by atoms with Gasteiger partial charge >= 0.3 is 0 Å². The highest BCUT2D eigenvalue weighted by Gasteiger charge is 2.28. The van der Waals surface area contributed by atoms with E-state index in [0.29, 0.717) is 13.0 Å². The van der Waals surface area contributed by atoms with Crippen LogP contribution in [-0.2, 0) is 22.4 Å². The molecule has 0 fully saturated rings. The van der Waals surface area contributed by atoms with Crippen molar-refractivity contribution in [3.63, 3.8) is 0 Å². The fourth-order valence-electron chi connectivity index (χ4n) is 3.83. The van der Waals surface area contributed by atoms with Crippen LogP contribution in [-0.4, -0.2) is 19.1 Å². The third-order valence-electron chi connectivity index (χ3n) is 5.04. The van der Waals surface area contributed by atoms with E-state index in [1.54, 1.807) is 0 Å². The molecule has 2 aromatic rings. The molecule has 0 bridgehead atoms. The molecule has 25 heavy (non-hydrogen) atoms. The molecule has 2 heterocycles. The van der Waals surface area contributed by atoms with E-state index in [4.69, 9.17) is 10.5 Å². The van der Waals surface area contributed by atoms with E-state index >= 15 is 0 Å². The Balaban J connectivity index is 0.00000182. The van der Waals surface area contributed by atoms with Crippen LogP contribution in [0.25, 0.3) is 0 Å².